The third kappa shape index (κ3) is 7.40. The molecule has 1 aromatic carbocycles. The number of rotatable bonds is 10. The van der Waals surface area contributed by atoms with Crippen molar-refractivity contribution in [3.8, 4) is 0 Å². The molecule has 0 atom stereocenters. The fourth-order valence-corrected chi connectivity index (χ4v) is 3.54. The number of aromatic nitrogens is 1. The van der Waals surface area contributed by atoms with Gasteiger partial charge in [0.1, 0.15) is 6.54 Å². The highest BCUT2D eigenvalue weighted by Crippen LogP contribution is 2.19. The minimum absolute atomic E-state index is 0.0385. The molecule has 0 saturated heterocycles. The van der Waals surface area contributed by atoms with E-state index in [9.17, 15) is 14.4 Å². The van der Waals surface area contributed by atoms with Gasteiger partial charge in [0, 0.05) is 11.9 Å². The van der Waals surface area contributed by atoms with Gasteiger partial charge in [0.25, 0.3) is 5.91 Å². The maximum absolute atomic E-state index is 12.9. The Balaban J connectivity index is 2.00. The lowest BCUT2D eigenvalue weighted by Crippen LogP contribution is -2.40. The van der Waals surface area contributed by atoms with Gasteiger partial charge in [-0.15, -0.1) is 11.3 Å². The van der Waals surface area contributed by atoms with Crippen molar-refractivity contribution in [2.45, 2.75) is 27.2 Å². The second-order valence-electron chi connectivity index (χ2n) is 6.89. The number of carbonyl (C=O) groups is 3. The number of hydrogen-bond acceptors (Lipinski definition) is 6. The summed E-state index contributed by atoms with van der Waals surface area (Å²) in [4.78, 5) is 47.6. The number of hydroxylamine groups is 1. The molecule has 2 rings (SSSR count). The van der Waals surface area contributed by atoms with Crippen molar-refractivity contribution < 1.29 is 19.2 Å². The SMILES string of the molecule is CCONC(=O)Cc1csc(NC(=O)CN(CC(C)C)C(=O)c2ccccc2Cl)n1. The van der Waals surface area contributed by atoms with Crippen molar-refractivity contribution in [2.75, 3.05) is 25.0 Å². The molecule has 162 valence electrons. The van der Waals surface area contributed by atoms with E-state index in [-0.39, 0.29) is 36.6 Å². The van der Waals surface area contributed by atoms with Crippen LogP contribution in [0.5, 0.6) is 0 Å². The Labute approximate surface area is 184 Å². The van der Waals surface area contributed by atoms with Crippen LogP contribution < -0.4 is 10.8 Å². The number of anilines is 1. The maximum atomic E-state index is 12.9. The molecule has 10 heteroatoms. The molecule has 1 aromatic heterocycles. The van der Waals surface area contributed by atoms with Crippen molar-refractivity contribution in [1.29, 1.82) is 0 Å². The monoisotopic (exact) mass is 452 g/mol. The molecule has 0 radical (unpaired) electrons. The number of halogens is 1. The van der Waals surface area contributed by atoms with Gasteiger partial charge < -0.3 is 10.2 Å². The summed E-state index contributed by atoms with van der Waals surface area (Å²) in [6.45, 7) is 6.32. The highest BCUT2D eigenvalue weighted by Gasteiger charge is 2.22. The largest absolute Gasteiger partial charge is 0.329 e. The molecule has 0 aliphatic heterocycles. The van der Waals surface area contributed by atoms with Crippen LogP contribution >= 0.6 is 22.9 Å². The van der Waals surface area contributed by atoms with Gasteiger partial charge in [-0.1, -0.05) is 37.6 Å². The molecule has 1 heterocycles. The van der Waals surface area contributed by atoms with Gasteiger partial charge >= 0.3 is 0 Å². The lowest BCUT2D eigenvalue weighted by molar-refractivity contribution is -0.132. The molecule has 0 saturated carbocycles. The highest BCUT2D eigenvalue weighted by molar-refractivity contribution is 7.13. The Bertz CT molecular complexity index is 887. The van der Waals surface area contributed by atoms with E-state index in [1.54, 1.807) is 36.6 Å². The molecule has 30 heavy (non-hydrogen) atoms. The number of carbonyl (C=O) groups excluding carboxylic acids is 3. The van der Waals surface area contributed by atoms with Crippen molar-refractivity contribution in [3.63, 3.8) is 0 Å². The van der Waals surface area contributed by atoms with Gasteiger partial charge in [-0.3, -0.25) is 19.2 Å². The van der Waals surface area contributed by atoms with Crippen molar-refractivity contribution in [1.82, 2.24) is 15.4 Å². The zero-order valence-electron chi connectivity index (χ0n) is 17.1. The van der Waals surface area contributed by atoms with Crippen LogP contribution in [0.2, 0.25) is 5.02 Å². The van der Waals surface area contributed by atoms with Crippen LogP contribution in [0.3, 0.4) is 0 Å². The number of benzene rings is 1. The second-order valence-corrected chi connectivity index (χ2v) is 8.15. The predicted molar refractivity (Wildman–Crippen MR) is 116 cm³/mol. The molecule has 3 amide bonds. The van der Waals surface area contributed by atoms with Gasteiger partial charge in [0.15, 0.2) is 5.13 Å². The van der Waals surface area contributed by atoms with Gasteiger partial charge in [0.2, 0.25) is 11.8 Å². The summed E-state index contributed by atoms with van der Waals surface area (Å²) in [7, 11) is 0. The number of nitrogens with zero attached hydrogens (tertiary/aromatic N) is 2. The quantitative estimate of drug-likeness (QED) is 0.539. The van der Waals surface area contributed by atoms with Crippen LogP contribution in [0.4, 0.5) is 5.13 Å². The number of amides is 3. The normalized spacial score (nSPS) is 10.7. The molecule has 0 aliphatic rings. The summed E-state index contributed by atoms with van der Waals surface area (Å²) in [6.07, 6.45) is 0.0385. The lowest BCUT2D eigenvalue weighted by Gasteiger charge is -2.24. The molecule has 2 aromatic rings. The molecule has 0 spiro atoms. The zero-order valence-corrected chi connectivity index (χ0v) is 18.7. The first-order chi connectivity index (χ1) is 14.3. The molecule has 0 unspecified atom stereocenters. The molecule has 0 fully saturated rings. The van der Waals surface area contributed by atoms with E-state index in [0.717, 1.165) is 0 Å². The van der Waals surface area contributed by atoms with E-state index < -0.39 is 0 Å². The van der Waals surface area contributed by atoms with Crippen molar-refractivity contribution in [3.05, 3.63) is 45.9 Å². The standard InChI is InChI=1S/C20H25ClN4O4S/c1-4-29-24-17(26)9-14-12-30-20(22-14)23-18(27)11-25(10-13(2)3)19(28)15-7-5-6-8-16(15)21/h5-8,12-13H,4,9-11H2,1-3H3,(H,24,26)(H,22,23,27). The summed E-state index contributed by atoms with van der Waals surface area (Å²) in [5.41, 5.74) is 3.16. The topological polar surface area (TPSA) is 101 Å². The second kappa shape index (κ2) is 11.6. The van der Waals surface area contributed by atoms with E-state index in [4.69, 9.17) is 16.4 Å². The van der Waals surface area contributed by atoms with Crippen LogP contribution in [0.1, 0.15) is 36.8 Å². The van der Waals surface area contributed by atoms with E-state index in [1.807, 2.05) is 13.8 Å². The molecule has 8 nitrogen and oxygen atoms in total. The smallest absolute Gasteiger partial charge is 0.255 e. The number of hydrogen-bond donors (Lipinski definition) is 2. The molecular formula is C20H25ClN4O4S. The Kier molecular flexibility index (Phi) is 9.22. The predicted octanol–water partition coefficient (Wildman–Crippen LogP) is 3.14. The van der Waals surface area contributed by atoms with Crippen LogP contribution in [-0.2, 0) is 20.8 Å². The summed E-state index contributed by atoms with van der Waals surface area (Å²) in [5.74, 6) is -0.847. The minimum atomic E-state index is -0.379. The maximum Gasteiger partial charge on any atom is 0.255 e. The molecule has 0 aliphatic carbocycles. The summed E-state index contributed by atoms with van der Waals surface area (Å²) in [6, 6.07) is 6.75. The van der Waals surface area contributed by atoms with Gasteiger partial charge in [-0.05, 0) is 25.0 Å². The summed E-state index contributed by atoms with van der Waals surface area (Å²) >= 11 is 7.35. The Morgan fingerprint density at radius 1 is 1.23 bits per heavy atom. The van der Waals surface area contributed by atoms with Crippen LogP contribution in [-0.4, -0.2) is 47.3 Å². The van der Waals surface area contributed by atoms with E-state index in [1.165, 1.54) is 16.2 Å². The third-order valence-electron chi connectivity index (χ3n) is 3.78. The number of thiazole rings is 1. The van der Waals surface area contributed by atoms with E-state index in [0.29, 0.717) is 34.6 Å². The first-order valence-electron chi connectivity index (χ1n) is 9.48. The first-order valence-corrected chi connectivity index (χ1v) is 10.7. The fourth-order valence-electron chi connectivity index (χ4n) is 2.60. The van der Waals surface area contributed by atoms with Gasteiger partial charge in [-0.25, -0.2) is 10.5 Å². The van der Waals surface area contributed by atoms with E-state index in [2.05, 4.69) is 15.8 Å². The lowest BCUT2D eigenvalue weighted by atomic mass is 10.1. The number of nitrogens with one attached hydrogen (secondary N) is 2. The van der Waals surface area contributed by atoms with E-state index >= 15 is 0 Å². The molecule has 0 bridgehead atoms. The Morgan fingerprint density at radius 2 is 1.97 bits per heavy atom. The minimum Gasteiger partial charge on any atom is -0.329 e. The third-order valence-corrected chi connectivity index (χ3v) is 4.92. The van der Waals surface area contributed by atoms with Gasteiger partial charge in [0.05, 0.1) is 29.3 Å². The first kappa shape index (κ1) is 23.8. The summed E-state index contributed by atoms with van der Waals surface area (Å²) < 4.78 is 0. The zero-order chi connectivity index (χ0) is 22.1. The van der Waals surface area contributed by atoms with Crippen LogP contribution in [0, 0.1) is 5.92 Å². The average Bonchev–Trinajstić information content (AvgIpc) is 3.11. The van der Waals surface area contributed by atoms with Gasteiger partial charge in [-0.2, -0.15) is 0 Å². The molecular weight excluding hydrogens is 428 g/mol. The summed E-state index contributed by atoms with van der Waals surface area (Å²) in [5, 5.41) is 5.06. The Morgan fingerprint density at radius 3 is 2.63 bits per heavy atom. The van der Waals surface area contributed by atoms with Crippen LogP contribution in [0.15, 0.2) is 29.6 Å². The Hall–Kier alpha value is -2.49. The van der Waals surface area contributed by atoms with Crippen molar-refractivity contribution >= 4 is 45.8 Å². The highest BCUT2D eigenvalue weighted by atomic mass is 35.5. The fraction of sp³-hybridized carbons (Fsp3) is 0.400. The van der Waals surface area contributed by atoms with Crippen molar-refractivity contribution in [2.24, 2.45) is 5.92 Å². The van der Waals surface area contributed by atoms with Crippen LogP contribution in [0.25, 0.3) is 0 Å². The average molecular weight is 453 g/mol. The molecule has 2 N–H and O–H groups in total.